The molecule has 0 bridgehead atoms. The minimum absolute atomic E-state index is 0.0394. The molecule has 2 rings (SSSR count). The highest BCUT2D eigenvalue weighted by atomic mass is 79.9. The predicted molar refractivity (Wildman–Crippen MR) is 65.3 cm³/mol. The second-order valence-electron chi connectivity index (χ2n) is 3.70. The Morgan fingerprint density at radius 2 is 2.60 bits per heavy atom. The third kappa shape index (κ3) is 3.03. The van der Waals surface area contributed by atoms with Gasteiger partial charge in [0.1, 0.15) is 0 Å². The topological polar surface area (TPSA) is 41.1 Å². The number of amides is 1. The molecule has 0 saturated carbocycles. The van der Waals surface area contributed by atoms with Crippen molar-refractivity contribution >= 4 is 33.2 Å². The number of halogens is 1. The molecule has 2 N–H and O–H groups in total. The Morgan fingerprint density at radius 3 is 3.20 bits per heavy atom. The highest BCUT2D eigenvalue weighted by Gasteiger charge is 2.16. The Balaban J connectivity index is 1.81. The predicted octanol–water partition coefficient (Wildman–Crippen LogP) is 1.85. The molecule has 1 aliphatic rings. The summed E-state index contributed by atoms with van der Waals surface area (Å²) in [5, 5.41) is 8.17. The maximum Gasteiger partial charge on any atom is 0.261 e. The third-order valence-electron chi connectivity index (χ3n) is 2.50. The van der Waals surface area contributed by atoms with Crippen molar-refractivity contribution in [3.8, 4) is 0 Å². The summed E-state index contributed by atoms with van der Waals surface area (Å²) < 4.78 is 0.972. The standard InChI is InChI=1S/C10H13BrN2OS/c11-8-3-9(15-6-8)10(14)13-5-7-1-2-12-4-7/h3,6-7,12H,1-2,4-5H2,(H,13,14). The lowest BCUT2D eigenvalue weighted by Crippen LogP contribution is -2.29. The summed E-state index contributed by atoms with van der Waals surface area (Å²) in [7, 11) is 0. The van der Waals surface area contributed by atoms with E-state index < -0.39 is 0 Å². The maximum atomic E-state index is 11.7. The van der Waals surface area contributed by atoms with Gasteiger partial charge in [-0.1, -0.05) is 0 Å². The molecular formula is C10H13BrN2OS. The fourth-order valence-corrected chi connectivity index (χ4v) is 2.99. The van der Waals surface area contributed by atoms with Gasteiger partial charge in [0, 0.05) is 16.4 Å². The Kier molecular flexibility index (Phi) is 3.77. The van der Waals surface area contributed by atoms with Crippen molar-refractivity contribution in [2.45, 2.75) is 6.42 Å². The smallest absolute Gasteiger partial charge is 0.261 e. The van der Waals surface area contributed by atoms with Gasteiger partial charge in [0.05, 0.1) is 4.88 Å². The van der Waals surface area contributed by atoms with Gasteiger partial charge in [0.25, 0.3) is 5.91 Å². The van der Waals surface area contributed by atoms with Crippen LogP contribution in [-0.4, -0.2) is 25.5 Å². The van der Waals surface area contributed by atoms with E-state index in [-0.39, 0.29) is 5.91 Å². The van der Waals surface area contributed by atoms with Gasteiger partial charge in [-0.3, -0.25) is 4.79 Å². The van der Waals surface area contributed by atoms with Crippen LogP contribution in [0.2, 0.25) is 0 Å². The van der Waals surface area contributed by atoms with Crippen LogP contribution in [0.4, 0.5) is 0 Å². The summed E-state index contributed by atoms with van der Waals surface area (Å²) in [5.41, 5.74) is 0. The first kappa shape index (κ1) is 11.1. The second-order valence-corrected chi connectivity index (χ2v) is 5.52. The Hall–Kier alpha value is -0.390. The minimum Gasteiger partial charge on any atom is -0.351 e. The number of thiophene rings is 1. The van der Waals surface area contributed by atoms with Crippen LogP contribution in [0.25, 0.3) is 0 Å². The van der Waals surface area contributed by atoms with Crippen LogP contribution in [0.1, 0.15) is 16.1 Å². The molecule has 0 aromatic carbocycles. The molecule has 1 atom stereocenters. The van der Waals surface area contributed by atoms with E-state index in [1.807, 2.05) is 11.4 Å². The summed E-state index contributed by atoms with van der Waals surface area (Å²) in [6.45, 7) is 2.88. The molecule has 1 saturated heterocycles. The lowest BCUT2D eigenvalue weighted by molar-refractivity contribution is 0.0952. The first-order chi connectivity index (χ1) is 7.25. The van der Waals surface area contributed by atoms with Crippen molar-refractivity contribution < 1.29 is 4.79 Å². The van der Waals surface area contributed by atoms with Crippen LogP contribution >= 0.6 is 27.3 Å². The summed E-state index contributed by atoms with van der Waals surface area (Å²) in [6.07, 6.45) is 1.16. The van der Waals surface area contributed by atoms with E-state index in [4.69, 9.17) is 0 Å². The lowest BCUT2D eigenvalue weighted by atomic mass is 10.1. The van der Waals surface area contributed by atoms with Crippen LogP contribution in [-0.2, 0) is 0 Å². The number of rotatable bonds is 3. The molecule has 1 aromatic rings. The SMILES string of the molecule is O=C(NCC1CCNC1)c1cc(Br)cs1. The number of hydrogen-bond donors (Lipinski definition) is 2. The molecule has 15 heavy (non-hydrogen) atoms. The first-order valence-electron chi connectivity index (χ1n) is 4.98. The fraction of sp³-hybridized carbons (Fsp3) is 0.500. The first-order valence-corrected chi connectivity index (χ1v) is 6.66. The number of carbonyl (C=O) groups is 1. The van der Waals surface area contributed by atoms with Crippen molar-refractivity contribution in [3.05, 3.63) is 20.8 Å². The monoisotopic (exact) mass is 288 g/mol. The van der Waals surface area contributed by atoms with Gasteiger partial charge < -0.3 is 10.6 Å². The van der Waals surface area contributed by atoms with Gasteiger partial charge in [-0.2, -0.15) is 0 Å². The van der Waals surface area contributed by atoms with Gasteiger partial charge in [-0.15, -0.1) is 11.3 Å². The quantitative estimate of drug-likeness (QED) is 0.891. The molecule has 1 unspecified atom stereocenters. The van der Waals surface area contributed by atoms with Gasteiger partial charge >= 0.3 is 0 Å². The summed E-state index contributed by atoms with van der Waals surface area (Å²) >= 11 is 4.80. The van der Waals surface area contributed by atoms with Crippen LogP contribution in [0.15, 0.2) is 15.9 Å². The molecule has 82 valence electrons. The van der Waals surface area contributed by atoms with Crippen molar-refractivity contribution in [1.29, 1.82) is 0 Å². The zero-order valence-corrected chi connectivity index (χ0v) is 10.7. The van der Waals surface area contributed by atoms with E-state index in [0.29, 0.717) is 5.92 Å². The number of hydrogen-bond acceptors (Lipinski definition) is 3. The summed E-state index contributed by atoms with van der Waals surface area (Å²) in [5.74, 6) is 0.634. The number of carbonyl (C=O) groups excluding carboxylic acids is 1. The highest BCUT2D eigenvalue weighted by molar-refractivity contribution is 9.10. The number of nitrogens with one attached hydrogen (secondary N) is 2. The molecule has 5 heteroatoms. The highest BCUT2D eigenvalue weighted by Crippen LogP contribution is 2.19. The minimum atomic E-state index is 0.0394. The average molecular weight is 289 g/mol. The zero-order valence-electron chi connectivity index (χ0n) is 8.25. The van der Waals surface area contributed by atoms with Gasteiger partial charge in [0.15, 0.2) is 0 Å². The molecule has 0 radical (unpaired) electrons. The molecule has 0 spiro atoms. The zero-order chi connectivity index (χ0) is 10.7. The van der Waals surface area contributed by atoms with E-state index in [0.717, 1.165) is 35.4 Å². The molecule has 1 amide bonds. The van der Waals surface area contributed by atoms with Gasteiger partial charge in [0.2, 0.25) is 0 Å². The van der Waals surface area contributed by atoms with Crippen LogP contribution in [0, 0.1) is 5.92 Å². The Bertz CT molecular complexity index is 347. The third-order valence-corrected chi connectivity index (χ3v) is 4.19. The molecule has 1 aliphatic heterocycles. The van der Waals surface area contributed by atoms with Crippen LogP contribution in [0.5, 0.6) is 0 Å². The van der Waals surface area contributed by atoms with E-state index in [1.165, 1.54) is 11.3 Å². The van der Waals surface area contributed by atoms with E-state index in [2.05, 4.69) is 26.6 Å². The van der Waals surface area contributed by atoms with Crippen molar-refractivity contribution in [1.82, 2.24) is 10.6 Å². The van der Waals surface area contributed by atoms with E-state index in [1.54, 1.807) is 0 Å². The molecule has 1 fully saturated rings. The molecule has 0 aliphatic carbocycles. The normalized spacial score (nSPS) is 20.5. The van der Waals surface area contributed by atoms with Gasteiger partial charge in [-0.05, 0) is 47.4 Å². The maximum absolute atomic E-state index is 11.7. The van der Waals surface area contributed by atoms with Crippen molar-refractivity contribution in [2.75, 3.05) is 19.6 Å². The molecule has 3 nitrogen and oxygen atoms in total. The Morgan fingerprint density at radius 1 is 1.73 bits per heavy atom. The summed E-state index contributed by atoms with van der Waals surface area (Å²) in [4.78, 5) is 12.4. The van der Waals surface area contributed by atoms with Crippen molar-refractivity contribution in [3.63, 3.8) is 0 Å². The second kappa shape index (κ2) is 5.09. The van der Waals surface area contributed by atoms with E-state index >= 15 is 0 Å². The average Bonchev–Trinajstić information content (AvgIpc) is 2.84. The molecule has 1 aromatic heterocycles. The van der Waals surface area contributed by atoms with Crippen LogP contribution < -0.4 is 10.6 Å². The lowest BCUT2D eigenvalue weighted by Gasteiger charge is -2.08. The van der Waals surface area contributed by atoms with Gasteiger partial charge in [-0.25, -0.2) is 0 Å². The Labute approximate surface area is 101 Å². The fourth-order valence-electron chi connectivity index (χ4n) is 1.64. The molecule has 2 heterocycles. The van der Waals surface area contributed by atoms with Crippen molar-refractivity contribution in [2.24, 2.45) is 5.92 Å². The molecular weight excluding hydrogens is 276 g/mol. The summed E-state index contributed by atoms with van der Waals surface area (Å²) in [6, 6.07) is 1.85. The van der Waals surface area contributed by atoms with E-state index in [9.17, 15) is 4.79 Å². The largest absolute Gasteiger partial charge is 0.351 e. The van der Waals surface area contributed by atoms with Crippen LogP contribution in [0.3, 0.4) is 0 Å².